The van der Waals surface area contributed by atoms with Crippen LogP contribution in [0.3, 0.4) is 0 Å². The lowest BCUT2D eigenvalue weighted by atomic mass is 9.91. The number of hydrogen-bond acceptors (Lipinski definition) is 3. The van der Waals surface area contributed by atoms with Gasteiger partial charge in [0.05, 0.1) is 11.3 Å². The van der Waals surface area contributed by atoms with E-state index in [-0.39, 0.29) is 0 Å². The zero-order chi connectivity index (χ0) is 13.0. The van der Waals surface area contributed by atoms with Crippen molar-refractivity contribution in [1.29, 1.82) is 5.26 Å². The molecule has 1 aromatic rings. The van der Waals surface area contributed by atoms with Gasteiger partial charge in [0.1, 0.15) is 6.07 Å². The minimum absolute atomic E-state index is 0.461. The lowest BCUT2D eigenvalue weighted by molar-refractivity contribution is 0.371. The molecule has 0 aromatic heterocycles. The van der Waals surface area contributed by atoms with Gasteiger partial charge in [-0.3, -0.25) is 0 Å². The first-order chi connectivity index (χ1) is 8.72. The Morgan fingerprint density at radius 1 is 1.22 bits per heavy atom. The topological polar surface area (TPSA) is 47.8 Å². The van der Waals surface area contributed by atoms with E-state index >= 15 is 0 Å². The molecule has 0 aliphatic heterocycles. The second-order valence-corrected chi connectivity index (χ2v) is 5.22. The summed E-state index contributed by atoms with van der Waals surface area (Å²) in [4.78, 5) is 0. The predicted octanol–water partition coefficient (Wildman–Crippen LogP) is 3.15. The number of rotatable bonds is 3. The number of anilines is 1. The zero-order valence-electron chi connectivity index (χ0n) is 10.5. The molecule has 0 saturated heterocycles. The molecule has 96 valence electrons. The van der Waals surface area contributed by atoms with Crippen LogP contribution in [0.15, 0.2) is 18.2 Å². The van der Waals surface area contributed by atoms with E-state index in [0.717, 1.165) is 18.5 Å². The summed E-state index contributed by atoms with van der Waals surface area (Å²) in [5, 5.41) is 16.5. The minimum Gasteiger partial charge on any atom is -0.381 e. The Bertz CT molecular complexity index is 445. The van der Waals surface area contributed by atoms with Crippen molar-refractivity contribution in [2.24, 2.45) is 0 Å². The quantitative estimate of drug-likeness (QED) is 0.881. The number of halogens is 1. The molecular formula is C14H18ClN3. The SMILES string of the molecule is CNC1CCC(Nc2ccc(Cl)cc2C#N)CC1. The maximum Gasteiger partial charge on any atom is 0.101 e. The number of hydrogen-bond donors (Lipinski definition) is 2. The third-order valence-electron chi connectivity index (χ3n) is 3.60. The lowest BCUT2D eigenvalue weighted by Gasteiger charge is -2.29. The van der Waals surface area contributed by atoms with Gasteiger partial charge < -0.3 is 10.6 Å². The smallest absolute Gasteiger partial charge is 0.101 e. The Labute approximate surface area is 113 Å². The van der Waals surface area contributed by atoms with Crippen molar-refractivity contribution in [3.05, 3.63) is 28.8 Å². The van der Waals surface area contributed by atoms with Crippen LogP contribution in [-0.4, -0.2) is 19.1 Å². The number of nitrogens with one attached hydrogen (secondary N) is 2. The summed E-state index contributed by atoms with van der Waals surface area (Å²) >= 11 is 5.89. The molecule has 0 spiro atoms. The van der Waals surface area contributed by atoms with Crippen molar-refractivity contribution in [2.75, 3.05) is 12.4 Å². The maximum atomic E-state index is 9.09. The highest BCUT2D eigenvalue weighted by atomic mass is 35.5. The van der Waals surface area contributed by atoms with E-state index < -0.39 is 0 Å². The van der Waals surface area contributed by atoms with Gasteiger partial charge in [-0.25, -0.2) is 0 Å². The van der Waals surface area contributed by atoms with Crippen LogP contribution in [0.5, 0.6) is 0 Å². The van der Waals surface area contributed by atoms with E-state index in [1.165, 1.54) is 12.8 Å². The van der Waals surface area contributed by atoms with Gasteiger partial charge in [0.2, 0.25) is 0 Å². The molecule has 0 heterocycles. The van der Waals surface area contributed by atoms with E-state index in [1.807, 2.05) is 19.2 Å². The van der Waals surface area contributed by atoms with E-state index in [9.17, 15) is 0 Å². The third-order valence-corrected chi connectivity index (χ3v) is 3.83. The molecule has 4 heteroatoms. The van der Waals surface area contributed by atoms with Gasteiger partial charge >= 0.3 is 0 Å². The summed E-state index contributed by atoms with van der Waals surface area (Å²) in [5.41, 5.74) is 1.52. The average Bonchev–Trinajstić information content (AvgIpc) is 2.41. The first kappa shape index (κ1) is 13.2. The Hall–Kier alpha value is -1.24. The fraction of sp³-hybridized carbons (Fsp3) is 0.500. The van der Waals surface area contributed by atoms with Crippen LogP contribution in [0.25, 0.3) is 0 Å². The van der Waals surface area contributed by atoms with Gasteiger partial charge in [0, 0.05) is 17.1 Å². The van der Waals surface area contributed by atoms with Crippen LogP contribution in [0.2, 0.25) is 5.02 Å². The molecule has 1 saturated carbocycles. The molecule has 0 bridgehead atoms. The van der Waals surface area contributed by atoms with Gasteiger partial charge in [-0.1, -0.05) is 11.6 Å². The predicted molar refractivity (Wildman–Crippen MR) is 74.9 cm³/mol. The first-order valence-electron chi connectivity index (χ1n) is 6.36. The molecule has 0 unspecified atom stereocenters. The van der Waals surface area contributed by atoms with Crippen molar-refractivity contribution in [3.8, 4) is 6.07 Å². The van der Waals surface area contributed by atoms with E-state index in [4.69, 9.17) is 16.9 Å². The van der Waals surface area contributed by atoms with Crippen molar-refractivity contribution in [3.63, 3.8) is 0 Å². The zero-order valence-corrected chi connectivity index (χ0v) is 11.3. The molecule has 2 N–H and O–H groups in total. The van der Waals surface area contributed by atoms with Crippen molar-refractivity contribution in [1.82, 2.24) is 5.32 Å². The average molecular weight is 264 g/mol. The van der Waals surface area contributed by atoms with Crippen LogP contribution < -0.4 is 10.6 Å². The molecule has 1 aliphatic carbocycles. The molecule has 3 nitrogen and oxygen atoms in total. The summed E-state index contributed by atoms with van der Waals surface area (Å²) in [5.74, 6) is 0. The molecule has 0 radical (unpaired) electrons. The molecule has 18 heavy (non-hydrogen) atoms. The van der Waals surface area contributed by atoms with Crippen LogP contribution in [0.4, 0.5) is 5.69 Å². The Morgan fingerprint density at radius 2 is 1.89 bits per heavy atom. The largest absolute Gasteiger partial charge is 0.381 e. The van der Waals surface area contributed by atoms with E-state index in [1.54, 1.807) is 6.07 Å². The molecular weight excluding hydrogens is 246 g/mol. The summed E-state index contributed by atoms with van der Waals surface area (Å²) in [6, 6.07) is 8.72. The number of nitrogens with zero attached hydrogens (tertiary/aromatic N) is 1. The monoisotopic (exact) mass is 263 g/mol. The number of nitriles is 1. The van der Waals surface area contributed by atoms with Crippen LogP contribution >= 0.6 is 11.6 Å². The summed E-state index contributed by atoms with van der Waals surface area (Å²) in [6.45, 7) is 0. The minimum atomic E-state index is 0.461. The first-order valence-corrected chi connectivity index (χ1v) is 6.74. The summed E-state index contributed by atoms with van der Waals surface area (Å²) < 4.78 is 0. The van der Waals surface area contributed by atoms with Crippen LogP contribution in [-0.2, 0) is 0 Å². The molecule has 0 amide bonds. The highest BCUT2D eigenvalue weighted by Crippen LogP contribution is 2.25. The van der Waals surface area contributed by atoms with E-state index in [2.05, 4.69) is 16.7 Å². The highest BCUT2D eigenvalue weighted by molar-refractivity contribution is 6.30. The third kappa shape index (κ3) is 3.16. The Morgan fingerprint density at radius 3 is 2.50 bits per heavy atom. The number of benzene rings is 1. The Balaban J connectivity index is 2.00. The van der Waals surface area contributed by atoms with Gasteiger partial charge in [0.15, 0.2) is 0 Å². The van der Waals surface area contributed by atoms with Crippen molar-refractivity contribution >= 4 is 17.3 Å². The fourth-order valence-electron chi connectivity index (χ4n) is 2.48. The second kappa shape index (κ2) is 6.08. The van der Waals surface area contributed by atoms with Crippen molar-refractivity contribution in [2.45, 2.75) is 37.8 Å². The van der Waals surface area contributed by atoms with Crippen molar-refractivity contribution < 1.29 is 0 Å². The highest BCUT2D eigenvalue weighted by Gasteiger charge is 2.20. The summed E-state index contributed by atoms with van der Waals surface area (Å²) in [6.07, 6.45) is 4.64. The molecule has 2 rings (SSSR count). The lowest BCUT2D eigenvalue weighted by Crippen LogP contribution is -2.35. The molecule has 1 aliphatic rings. The summed E-state index contributed by atoms with van der Waals surface area (Å²) in [7, 11) is 2.02. The molecule has 0 atom stereocenters. The Kier molecular flexibility index (Phi) is 4.46. The fourth-order valence-corrected chi connectivity index (χ4v) is 2.65. The van der Waals surface area contributed by atoms with Crippen LogP contribution in [0, 0.1) is 11.3 Å². The van der Waals surface area contributed by atoms with Gasteiger partial charge in [0.25, 0.3) is 0 Å². The van der Waals surface area contributed by atoms with Gasteiger partial charge in [-0.15, -0.1) is 0 Å². The normalized spacial score (nSPS) is 23.4. The second-order valence-electron chi connectivity index (χ2n) is 4.78. The van der Waals surface area contributed by atoms with E-state index in [0.29, 0.717) is 22.7 Å². The van der Waals surface area contributed by atoms with Gasteiger partial charge in [-0.05, 0) is 50.9 Å². The molecule has 1 fully saturated rings. The van der Waals surface area contributed by atoms with Gasteiger partial charge in [-0.2, -0.15) is 5.26 Å². The molecule has 1 aromatic carbocycles. The maximum absolute atomic E-state index is 9.09. The standard InChI is InChI=1S/C14H18ClN3/c1-17-12-3-5-13(6-4-12)18-14-7-2-11(15)8-10(14)9-16/h2,7-8,12-13,17-18H,3-6H2,1H3. The van der Waals surface area contributed by atoms with Crippen LogP contribution in [0.1, 0.15) is 31.2 Å².